The fourth-order valence-electron chi connectivity index (χ4n) is 1.85. The molecule has 2 N–H and O–H groups in total. The molecule has 0 saturated carbocycles. The van der Waals surface area contributed by atoms with Gasteiger partial charge in [-0.15, -0.1) is 0 Å². The standard InChI is InChI=1S/C15H25NO4S/c1-12(2)4-5-13(3)16-21(18,19)15-8-6-14(7-9-15)20-11-10-17/h6-9,12-13,16-17H,4-5,10-11H2,1-3H3. The SMILES string of the molecule is CC(C)CCC(C)NS(=O)(=O)c1ccc(OCCO)cc1. The normalized spacial score (nSPS) is 13.4. The lowest BCUT2D eigenvalue weighted by Crippen LogP contribution is -2.32. The van der Waals surface area contributed by atoms with Crippen LogP contribution >= 0.6 is 0 Å². The van der Waals surface area contributed by atoms with Crippen molar-refractivity contribution in [2.75, 3.05) is 13.2 Å². The molecule has 21 heavy (non-hydrogen) atoms. The van der Waals surface area contributed by atoms with Crippen LogP contribution in [0.5, 0.6) is 5.75 Å². The summed E-state index contributed by atoms with van der Waals surface area (Å²) in [7, 11) is -3.50. The molecule has 0 aliphatic rings. The highest BCUT2D eigenvalue weighted by Crippen LogP contribution is 2.17. The predicted molar refractivity (Wildman–Crippen MR) is 82.9 cm³/mol. The highest BCUT2D eigenvalue weighted by molar-refractivity contribution is 7.89. The van der Waals surface area contributed by atoms with Gasteiger partial charge in [0.25, 0.3) is 0 Å². The number of rotatable bonds is 9. The number of nitrogens with one attached hydrogen (secondary N) is 1. The molecule has 1 rings (SSSR count). The summed E-state index contributed by atoms with van der Waals surface area (Å²) in [6.07, 6.45) is 1.80. The first-order valence-corrected chi connectivity index (χ1v) is 8.69. The van der Waals surface area contributed by atoms with Gasteiger partial charge in [0, 0.05) is 6.04 Å². The van der Waals surface area contributed by atoms with E-state index in [0.717, 1.165) is 12.8 Å². The van der Waals surface area contributed by atoms with Crippen LogP contribution in [-0.2, 0) is 10.0 Å². The Morgan fingerprint density at radius 1 is 1.14 bits per heavy atom. The zero-order valence-corrected chi connectivity index (χ0v) is 13.7. The van der Waals surface area contributed by atoms with E-state index in [4.69, 9.17) is 9.84 Å². The highest BCUT2D eigenvalue weighted by atomic mass is 32.2. The number of aliphatic hydroxyl groups excluding tert-OH is 1. The van der Waals surface area contributed by atoms with E-state index in [1.165, 1.54) is 12.1 Å². The fourth-order valence-corrected chi connectivity index (χ4v) is 3.13. The number of sulfonamides is 1. The molecule has 1 unspecified atom stereocenters. The van der Waals surface area contributed by atoms with Crippen LogP contribution in [0.1, 0.15) is 33.6 Å². The Morgan fingerprint density at radius 3 is 2.29 bits per heavy atom. The average Bonchev–Trinajstić information content (AvgIpc) is 2.43. The number of hydrogen-bond acceptors (Lipinski definition) is 4. The molecule has 1 aromatic rings. The van der Waals surface area contributed by atoms with E-state index in [0.29, 0.717) is 11.7 Å². The third-order valence-electron chi connectivity index (χ3n) is 3.03. The highest BCUT2D eigenvalue weighted by Gasteiger charge is 2.17. The van der Waals surface area contributed by atoms with Crippen molar-refractivity contribution in [2.24, 2.45) is 5.92 Å². The minimum Gasteiger partial charge on any atom is -0.491 e. The van der Waals surface area contributed by atoms with Crippen LogP contribution in [-0.4, -0.2) is 32.8 Å². The second kappa shape index (κ2) is 8.36. The van der Waals surface area contributed by atoms with Crippen LogP contribution in [0.3, 0.4) is 0 Å². The maximum absolute atomic E-state index is 12.2. The number of aliphatic hydroxyl groups is 1. The molecule has 0 aromatic heterocycles. The lowest BCUT2D eigenvalue weighted by Gasteiger charge is -2.15. The zero-order chi connectivity index (χ0) is 15.9. The second-order valence-corrected chi connectivity index (χ2v) is 7.25. The number of hydrogen-bond donors (Lipinski definition) is 2. The molecule has 5 nitrogen and oxygen atoms in total. The van der Waals surface area contributed by atoms with Gasteiger partial charge in [0.1, 0.15) is 12.4 Å². The van der Waals surface area contributed by atoms with Gasteiger partial charge in [-0.3, -0.25) is 0 Å². The van der Waals surface area contributed by atoms with Crippen molar-refractivity contribution in [3.8, 4) is 5.75 Å². The van der Waals surface area contributed by atoms with E-state index in [1.807, 2.05) is 6.92 Å². The third kappa shape index (κ3) is 6.46. The van der Waals surface area contributed by atoms with Gasteiger partial charge in [-0.2, -0.15) is 0 Å². The number of benzene rings is 1. The van der Waals surface area contributed by atoms with Crippen LogP contribution < -0.4 is 9.46 Å². The minimum absolute atomic E-state index is 0.0744. The summed E-state index contributed by atoms with van der Waals surface area (Å²) >= 11 is 0. The van der Waals surface area contributed by atoms with Crippen LogP contribution in [0.25, 0.3) is 0 Å². The van der Waals surface area contributed by atoms with Crippen molar-refractivity contribution < 1.29 is 18.3 Å². The Hall–Kier alpha value is -1.11. The molecule has 1 atom stereocenters. The van der Waals surface area contributed by atoms with Gasteiger partial charge in [-0.05, 0) is 49.9 Å². The average molecular weight is 315 g/mol. The lowest BCUT2D eigenvalue weighted by atomic mass is 10.1. The van der Waals surface area contributed by atoms with E-state index in [-0.39, 0.29) is 24.2 Å². The quantitative estimate of drug-likeness (QED) is 0.732. The summed E-state index contributed by atoms with van der Waals surface area (Å²) in [6, 6.07) is 6.09. The first-order chi connectivity index (χ1) is 9.85. The molecule has 0 radical (unpaired) electrons. The van der Waals surface area contributed by atoms with Gasteiger partial charge in [-0.1, -0.05) is 13.8 Å². The molecule has 0 bridgehead atoms. The van der Waals surface area contributed by atoms with E-state index in [2.05, 4.69) is 18.6 Å². The maximum atomic E-state index is 12.2. The molecule has 6 heteroatoms. The van der Waals surface area contributed by atoms with Gasteiger partial charge < -0.3 is 9.84 Å². The summed E-state index contributed by atoms with van der Waals surface area (Å²) in [6.45, 7) is 6.23. The number of ether oxygens (including phenoxy) is 1. The van der Waals surface area contributed by atoms with Crippen LogP contribution in [0.15, 0.2) is 29.2 Å². The first kappa shape index (κ1) is 17.9. The Morgan fingerprint density at radius 2 is 1.76 bits per heavy atom. The molecule has 0 aliphatic carbocycles. The largest absolute Gasteiger partial charge is 0.491 e. The Balaban J connectivity index is 2.65. The molecule has 0 aliphatic heterocycles. The van der Waals surface area contributed by atoms with Gasteiger partial charge in [-0.25, -0.2) is 13.1 Å². The van der Waals surface area contributed by atoms with Gasteiger partial charge in [0.15, 0.2) is 0 Å². The molecular weight excluding hydrogens is 290 g/mol. The van der Waals surface area contributed by atoms with Gasteiger partial charge in [0.2, 0.25) is 10.0 Å². The summed E-state index contributed by atoms with van der Waals surface area (Å²) in [5.41, 5.74) is 0. The third-order valence-corrected chi connectivity index (χ3v) is 4.63. The smallest absolute Gasteiger partial charge is 0.240 e. The molecule has 0 spiro atoms. The van der Waals surface area contributed by atoms with Crippen LogP contribution in [0.2, 0.25) is 0 Å². The minimum atomic E-state index is -3.50. The van der Waals surface area contributed by atoms with E-state index in [1.54, 1.807) is 12.1 Å². The monoisotopic (exact) mass is 315 g/mol. The molecule has 1 aromatic carbocycles. The van der Waals surface area contributed by atoms with Gasteiger partial charge in [0.05, 0.1) is 11.5 Å². The summed E-state index contributed by atoms with van der Waals surface area (Å²) in [4.78, 5) is 0.218. The molecule has 0 fully saturated rings. The van der Waals surface area contributed by atoms with Crippen molar-refractivity contribution in [1.82, 2.24) is 4.72 Å². The van der Waals surface area contributed by atoms with Crippen molar-refractivity contribution in [2.45, 2.75) is 44.6 Å². The van der Waals surface area contributed by atoms with E-state index < -0.39 is 10.0 Å². The molecule has 120 valence electrons. The summed E-state index contributed by atoms with van der Waals surface area (Å²) in [5.74, 6) is 1.09. The fraction of sp³-hybridized carbons (Fsp3) is 0.600. The zero-order valence-electron chi connectivity index (χ0n) is 12.9. The van der Waals surface area contributed by atoms with Crippen LogP contribution in [0, 0.1) is 5.92 Å². The van der Waals surface area contributed by atoms with Crippen molar-refractivity contribution in [3.05, 3.63) is 24.3 Å². The van der Waals surface area contributed by atoms with Gasteiger partial charge >= 0.3 is 0 Å². The topological polar surface area (TPSA) is 75.6 Å². The van der Waals surface area contributed by atoms with E-state index >= 15 is 0 Å². The summed E-state index contributed by atoms with van der Waals surface area (Å²) < 4.78 is 32.3. The molecule has 0 amide bonds. The lowest BCUT2D eigenvalue weighted by molar-refractivity contribution is 0.201. The molecular formula is C15H25NO4S. The second-order valence-electron chi connectivity index (χ2n) is 5.54. The first-order valence-electron chi connectivity index (χ1n) is 7.21. The molecule has 0 heterocycles. The summed E-state index contributed by atoms with van der Waals surface area (Å²) in [5, 5.41) is 8.67. The maximum Gasteiger partial charge on any atom is 0.240 e. The Labute approximate surface area is 127 Å². The van der Waals surface area contributed by atoms with Crippen LogP contribution in [0.4, 0.5) is 0 Å². The van der Waals surface area contributed by atoms with Crippen molar-refractivity contribution >= 4 is 10.0 Å². The molecule has 0 saturated heterocycles. The van der Waals surface area contributed by atoms with Crippen molar-refractivity contribution in [3.63, 3.8) is 0 Å². The Bertz CT molecular complexity index is 511. The Kier molecular flexibility index (Phi) is 7.14. The van der Waals surface area contributed by atoms with E-state index in [9.17, 15) is 8.42 Å². The van der Waals surface area contributed by atoms with Crippen molar-refractivity contribution in [1.29, 1.82) is 0 Å². The predicted octanol–water partition coefficient (Wildman–Crippen LogP) is 2.16.